The topological polar surface area (TPSA) is 73.9 Å². The molecular weight excluding hydrogens is 452 g/mol. The van der Waals surface area contributed by atoms with Crippen LogP contribution in [-0.2, 0) is 17.9 Å². The Morgan fingerprint density at radius 2 is 1.94 bits per heavy atom. The van der Waals surface area contributed by atoms with E-state index in [1.165, 1.54) is 5.56 Å². The van der Waals surface area contributed by atoms with Gasteiger partial charge in [-0.3, -0.25) is 14.5 Å². The predicted molar refractivity (Wildman–Crippen MR) is 139 cm³/mol. The van der Waals surface area contributed by atoms with Gasteiger partial charge in [-0.05, 0) is 62.4 Å². The highest BCUT2D eigenvalue weighted by atomic mass is 16.5. The Morgan fingerprint density at radius 1 is 1.14 bits per heavy atom. The second-order valence-corrected chi connectivity index (χ2v) is 10.4. The average Bonchev–Trinajstić information content (AvgIpc) is 3.19. The Morgan fingerprint density at radius 3 is 2.69 bits per heavy atom. The van der Waals surface area contributed by atoms with Gasteiger partial charge in [0.2, 0.25) is 5.91 Å². The molecule has 3 aliphatic rings. The smallest absolute Gasteiger partial charge is 0.255 e. The van der Waals surface area contributed by atoms with Crippen molar-refractivity contribution in [2.24, 2.45) is 0 Å². The maximum Gasteiger partial charge on any atom is 0.255 e. The molecule has 7 nitrogen and oxygen atoms in total. The van der Waals surface area contributed by atoms with Crippen molar-refractivity contribution in [3.05, 3.63) is 77.5 Å². The number of carbonyl (C=O) groups is 2. The molecule has 2 amide bonds. The molecule has 2 aromatic rings. The summed E-state index contributed by atoms with van der Waals surface area (Å²) in [5, 5.41) is 6.52. The lowest BCUT2D eigenvalue weighted by atomic mass is 9.99. The van der Waals surface area contributed by atoms with Crippen LogP contribution in [0.5, 0.6) is 5.75 Å². The van der Waals surface area contributed by atoms with Crippen LogP contribution in [0.15, 0.2) is 60.8 Å². The number of hydrogen-bond acceptors (Lipinski definition) is 5. The van der Waals surface area contributed by atoms with Crippen molar-refractivity contribution in [3.63, 3.8) is 0 Å². The minimum Gasteiger partial charge on any atom is -0.487 e. The standard InChI is InChI=1S/C29H36N4O3/c1-19(2)32-14-13-25(30-16-21-7-5-4-6-8-21)27(18-32)36-23-10-11-24-22(15-23)17-33(29(24)35)26-12-9-20(3)31-28(26)34/h4-8,10-11,15,19,25-27,30H,3,9,12-14,16-18H2,1-2H3,(H,31,34). The number of nitrogens with zero attached hydrogens (tertiary/aromatic N) is 2. The molecule has 3 aliphatic heterocycles. The van der Waals surface area contributed by atoms with Crippen LogP contribution >= 0.6 is 0 Å². The van der Waals surface area contributed by atoms with E-state index in [1.807, 2.05) is 24.3 Å². The number of hydrogen-bond donors (Lipinski definition) is 2. The van der Waals surface area contributed by atoms with Crippen molar-refractivity contribution >= 4 is 11.8 Å². The number of allylic oxidation sites excluding steroid dienone is 1. The second kappa shape index (κ2) is 10.4. The highest BCUT2D eigenvalue weighted by Crippen LogP contribution is 2.31. The molecule has 0 aromatic heterocycles. The summed E-state index contributed by atoms with van der Waals surface area (Å²) in [6.45, 7) is 11.4. The van der Waals surface area contributed by atoms with Gasteiger partial charge < -0.3 is 20.3 Å². The largest absolute Gasteiger partial charge is 0.487 e. The first kappa shape index (κ1) is 24.5. The molecule has 0 spiro atoms. The Balaban J connectivity index is 1.29. The molecule has 0 radical (unpaired) electrons. The maximum atomic E-state index is 13.1. The summed E-state index contributed by atoms with van der Waals surface area (Å²) in [6.07, 6.45) is 2.30. The fraction of sp³-hybridized carbons (Fsp3) is 0.448. The van der Waals surface area contributed by atoms with Gasteiger partial charge in [0.05, 0.1) is 0 Å². The van der Waals surface area contributed by atoms with Gasteiger partial charge in [0.15, 0.2) is 0 Å². The van der Waals surface area contributed by atoms with Gasteiger partial charge >= 0.3 is 0 Å². The highest BCUT2D eigenvalue weighted by molar-refractivity contribution is 6.01. The van der Waals surface area contributed by atoms with E-state index in [0.29, 0.717) is 31.0 Å². The number of benzene rings is 2. The molecule has 2 aromatic carbocycles. The van der Waals surface area contributed by atoms with Gasteiger partial charge in [-0.2, -0.15) is 0 Å². The molecule has 0 bridgehead atoms. The summed E-state index contributed by atoms with van der Waals surface area (Å²) in [6, 6.07) is 16.4. The van der Waals surface area contributed by atoms with Crippen molar-refractivity contribution in [2.75, 3.05) is 13.1 Å². The number of ether oxygens (including phenoxy) is 1. The van der Waals surface area contributed by atoms with Crippen LogP contribution in [0.2, 0.25) is 0 Å². The molecule has 36 heavy (non-hydrogen) atoms. The van der Waals surface area contributed by atoms with Gasteiger partial charge in [0, 0.05) is 49.5 Å². The van der Waals surface area contributed by atoms with E-state index < -0.39 is 6.04 Å². The van der Waals surface area contributed by atoms with Crippen LogP contribution in [0, 0.1) is 0 Å². The summed E-state index contributed by atoms with van der Waals surface area (Å²) >= 11 is 0. The predicted octanol–water partition coefficient (Wildman–Crippen LogP) is 3.45. The fourth-order valence-corrected chi connectivity index (χ4v) is 5.49. The van der Waals surface area contributed by atoms with Gasteiger partial charge in [0.25, 0.3) is 5.91 Å². The first-order valence-electron chi connectivity index (χ1n) is 13.0. The third kappa shape index (κ3) is 5.18. The zero-order valence-corrected chi connectivity index (χ0v) is 21.2. The van der Waals surface area contributed by atoms with Crippen LogP contribution in [0.4, 0.5) is 0 Å². The summed E-state index contributed by atoms with van der Waals surface area (Å²) in [7, 11) is 0. The normalized spacial score (nSPS) is 24.7. The summed E-state index contributed by atoms with van der Waals surface area (Å²) in [5.41, 5.74) is 3.55. The van der Waals surface area contributed by atoms with Crippen molar-refractivity contribution in [3.8, 4) is 5.75 Å². The number of nitrogens with one attached hydrogen (secondary N) is 2. The Labute approximate surface area is 213 Å². The molecule has 2 saturated heterocycles. The van der Waals surface area contributed by atoms with E-state index in [2.05, 4.69) is 60.2 Å². The van der Waals surface area contributed by atoms with Gasteiger partial charge in [-0.1, -0.05) is 36.9 Å². The molecule has 3 unspecified atom stereocenters. The van der Waals surface area contributed by atoms with E-state index in [-0.39, 0.29) is 24.0 Å². The molecule has 2 N–H and O–H groups in total. The van der Waals surface area contributed by atoms with E-state index in [9.17, 15) is 9.59 Å². The van der Waals surface area contributed by atoms with E-state index in [4.69, 9.17) is 4.74 Å². The first-order valence-corrected chi connectivity index (χ1v) is 13.0. The van der Waals surface area contributed by atoms with Crippen LogP contribution < -0.4 is 15.4 Å². The van der Waals surface area contributed by atoms with E-state index in [0.717, 1.165) is 43.1 Å². The van der Waals surface area contributed by atoms with Crippen molar-refractivity contribution in [1.82, 2.24) is 20.4 Å². The summed E-state index contributed by atoms with van der Waals surface area (Å²) < 4.78 is 6.59. The minimum absolute atomic E-state index is 0.00810. The van der Waals surface area contributed by atoms with Gasteiger partial charge in [-0.15, -0.1) is 0 Å². The molecule has 0 aliphatic carbocycles. The Kier molecular flexibility index (Phi) is 7.12. The van der Waals surface area contributed by atoms with Gasteiger partial charge in [-0.25, -0.2) is 0 Å². The molecule has 3 atom stereocenters. The number of amides is 2. The Hall–Kier alpha value is -3.16. The van der Waals surface area contributed by atoms with Crippen molar-refractivity contribution < 1.29 is 14.3 Å². The van der Waals surface area contributed by atoms with Crippen LogP contribution in [0.25, 0.3) is 0 Å². The van der Waals surface area contributed by atoms with Gasteiger partial charge in [0.1, 0.15) is 17.9 Å². The van der Waals surface area contributed by atoms with E-state index >= 15 is 0 Å². The van der Waals surface area contributed by atoms with E-state index in [1.54, 1.807) is 4.90 Å². The number of likely N-dealkylation sites (tertiary alicyclic amines) is 1. The van der Waals surface area contributed by atoms with Crippen molar-refractivity contribution in [1.29, 1.82) is 0 Å². The third-order valence-corrected chi connectivity index (χ3v) is 7.63. The maximum absolute atomic E-state index is 13.1. The second-order valence-electron chi connectivity index (χ2n) is 10.4. The van der Waals surface area contributed by atoms with Crippen LogP contribution in [0.3, 0.4) is 0 Å². The lowest BCUT2D eigenvalue weighted by Gasteiger charge is -2.40. The highest BCUT2D eigenvalue weighted by Gasteiger charge is 2.38. The van der Waals surface area contributed by atoms with Crippen molar-refractivity contribution in [2.45, 2.75) is 70.4 Å². The number of carbonyl (C=O) groups excluding carboxylic acids is 2. The minimum atomic E-state index is -0.454. The number of piperidine rings is 2. The quantitative estimate of drug-likeness (QED) is 0.625. The average molecular weight is 489 g/mol. The number of fused-ring (bicyclic) bond motifs is 1. The zero-order chi connectivity index (χ0) is 25.2. The molecule has 2 fully saturated rings. The molecular formula is C29H36N4O3. The fourth-order valence-electron chi connectivity index (χ4n) is 5.49. The SMILES string of the molecule is C=C1CCC(N2Cc3cc(OC4CN(C(C)C)CCC4NCc4ccccc4)ccc3C2=O)C(=O)N1. The molecule has 7 heteroatoms. The molecule has 3 heterocycles. The first-order chi connectivity index (χ1) is 17.4. The van der Waals surface area contributed by atoms with Crippen LogP contribution in [-0.4, -0.2) is 58.9 Å². The van der Waals surface area contributed by atoms with Crippen LogP contribution in [0.1, 0.15) is 54.6 Å². The lowest BCUT2D eigenvalue weighted by Crippen LogP contribution is -2.56. The Bertz CT molecular complexity index is 1130. The molecule has 190 valence electrons. The summed E-state index contributed by atoms with van der Waals surface area (Å²) in [4.78, 5) is 29.7. The summed E-state index contributed by atoms with van der Waals surface area (Å²) in [5.74, 6) is 0.537. The number of rotatable bonds is 7. The molecule has 0 saturated carbocycles. The lowest BCUT2D eigenvalue weighted by molar-refractivity contribution is -0.126. The zero-order valence-electron chi connectivity index (χ0n) is 21.2. The monoisotopic (exact) mass is 488 g/mol. The molecule has 5 rings (SSSR count). The third-order valence-electron chi connectivity index (χ3n) is 7.63.